The second-order valence-corrected chi connectivity index (χ2v) is 6.33. The van der Waals surface area contributed by atoms with Gasteiger partial charge in [-0.05, 0) is 43.9 Å². The molecule has 0 aliphatic carbocycles. The van der Waals surface area contributed by atoms with Gasteiger partial charge in [0, 0.05) is 26.2 Å². The monoisotopic (exact) mass is 347 g/mol. The lowest BCUT2D eigenvalue weighted by Gasteiger charge is -2.32. The van der Waals surface area contributed by atoms with Crippen LogP contribution in [0, 0.1) is 5.92 Å². The summed E-state index contributed by atoms with van der Waals surface area (Å²) in [5.74, 6) is 0.758. The minimum Gasteiger partial charge on any atom is -0.494 e. The fraction of sp³-hybridized carbons (Fsp3) is 0.579. The van der Waals surface area contributed by atoms with Crippen molar-refractivity contribution in [2.75, 3.05) is 26.2 Å². The van der Waals surface area contributed by atoms with Gasteiger partial charge < -0.3 is 20.3 Å². The standard InChI is InChI=1S/C19H29N3O3/c1-3-11-25-17-9-5-7-15(12-17)13-21-19(24)22-10-6-8-16(14-22)18(23)20-4-2/h5,7,9,12,16H,3-4,6,8,10-11,13-14H2,1-2H3,(H,20,23)(H,21,24). The Hall–Kier alpha value is -2.24. The molecule has 0 spiro atoms. The summed E-state index contributed by atoms with van der Waals surface area (Å²) in [6, 6.07) is 7.64. The van der Waals surface area contributed by atoms with E-state index >= 15 is 0 Å². The summed E-state index contributed by atoms with van der Waals surface area (Å²) < 4.78 is 5.61. The Balaban J connectivity index is 1.84. The van der Waals surface area contributed by atoms with Crippen LogP contribution in [0.15, 0.2) is 24.3 Å². The lowest BCUT2D eigenvalue weighted by atomic mass is 9.97. The Kier molecular flexibility index (Phi) is 7.57. The van der Waals surface area contributed by atoms with Crippen molar-refractivity contribution in [3.05, 3.63) is 29.8 Å². The SMILES string of the molecule is CCCOc1cccc(CNC(=O)N2CCCC(C(=O)NCC)C2)c1. The summed E-state index contributed by atoms with van der Waals surface area (Å²) in [4.78, 5) is 26.1. The molecule has 2 N–H and O–H groups in total. The molecule has 25 heavy (non-hydrogen) atoms. The van der Waals surface area contributed by atoms with Crippen molar-refractivity contribution in [3.8, 4) is 5.75 Å². The molecule has 1 unspecified atom stereocenters. The third-order valence-corrected chi connectivity index (χ3v) is 4.25. The van der Waals surface area contributed by atoms with Gasteiger partial charge in [-0.25, -0.2) is 4.79 Å². The van der Waals surface area contributed by atoms with Gasteiger partial charge in [0.15, 0.2) is 0 Å². The molecule has 0 aromatic heterocycles. The largest absolute Gasteiger partial charge is 0.494 e. The molecule has 1 aromatic rings. The molecule has 1 fully saturated rings. The third kappa shape index (κ3) is 5.96. The Morgan fingerprint density at radius 1 is 1.28 bits per heavy atom. The highest BCUT2D eigenvalue weighted by molar-refractivity contribution is 5.80. The first-order valence-electron chi connectivity index (χ1n) is 9.16. The van der Waals surface area contributed by atoms with Gasteiger partial charge in [0.1, 0.15) is 5.75 Å². The van der Waals surface area contributed by atoms with Crippen molar-refractivity contribution in [2.24, 2.45) is 5.92 Å². The van der Waals surface area contributed by atoms with Gasteiger partial charge in [-0.1, -0.05) is 19.1 Å². The van der Waals surface area contributed by atoms with Crippen LogP contribution in [0.3, 0.4) is 0 Å². The number of hydrogen-bond donors (Lipinski definition) is 2. The first-order chi connectivity index (χ1) is 12.1. The fourth-order valence-corrected chi connectivity index (χ4v) is 2.95. The highest BCUT2D eigenvalue weighted by Crippen LogP contribution is 2.17. The molecule has 0 radical (unpaired) electrons. The van der Waals surface area contributed by atoms with E-state index in [0.29, 0.717) is 32.8 Å². The summed E-state index contributed by atoms with van der Waals surface area (Å²) in [6.45, 7) is 6.91. The molecule has 2 rings (SSSR count). The third-order valence-electron chi connectivity index (χ3n) is 4.25. The van der Waals surface area contributed by atoms with Crippen LogP contribution in [-0.4, -0.2) is 43.1 Å². The number of benzene rings is 1. The lowest BCUT2D eigenvalue weighted by molar-refractivity contribution is -0.126. The number of ether oxygens (including phenoxy) is 1. The maximum absolute atomic E-state index is 12.4. The number of piperidine rings is 1. The van der Waals surface area contributed by atoms with Gasteiger partial charge in [0.05, 0.1) is 12.5 Å². The minimum absolute atomic E-state index is 0.0424. The summed E-state index contributed by atoms with van der Waals surface area (Å²) in [5, 5.41) is 5.79. The minimum atomic E-state index is -0.117. The van der Waals surface area contributed by atoms with Crippen molar-refractivity contribution < 1.29 is 14.3 Å². The Bertz CT molecular complexity index is 577. The highest BCUT2D eigenvalue weighted by atomic mass is 16.5. The van der Waals surface area contributed by atoms with Gasteiger partial charge in [0.2, 0.25) is 5.91 Å². The first-order valence-corrected chi connectivity index (χ1v) is 9.16. The zero-order chi connectivity index (χ0) is 18.1. The number of nitrogens with one attached hydrogen (secondary N) is 2. The van der Waals surface area contributed by atoms with Crippen LogP contribution in [0.25, 0.3) is 0 Å². The van der Waals surface area contributed by atoms with Gasteiger partial charge in [-0.3, -0.25) is 4.79 Å². The molecule has 1 aromatic carbocycles. The average Bonchev–Trinajstić information content (AvgIpc) is 2.65. The maximum Gasteiger partial charge on any atom is 0.317 e. The molecular formula is C19H29N3O3. The van der Waals surface area contributed by atoms with Crippen LogP contribution in [0.5, 0.6) is 5.75 Å². The number of amides is 3. The smallest absolute Gasteiger partial charge is 0.317 e. The number of carbonyl (C=O) groups is 2. The van der Waals surface area contributed by atoms with E-state index in [0.717, 1.165) is 30.6 Å². The molecule has 6 heteroatoms. The Labute approximate surface area is 149 Å². The summed E-state index contributed by atoms with van der Waals surface area (Å²) >= 11 is 0. The topological polar surface area (TPSA) is 70.7 Å². The number of urea groups is 1. The zero-order valence-electron chi connectivity index (χ0n) is 15.2. The van der Waals surface area contributed by atoms with E-state index in [1.54, 1.807) is 4.90 Å². The predicted molar refractivity (Wildman–Crippen MR) is 97.4 cm³/mol. The maximum atomic E-state index is 12.4. The quantitative estimate of drug-likeness (QED) is 0.796. The Morgan fingerprint density at radius 3 is 2.88 bits per heavy atom. The van der Waals surface area contributed by atoms with Gasteiger partial charge in [0.25, 0.3) is 0 Å². The van der Waals surface area contributed by atoms with Crippen molar-refractivity contribution in [1.82, 2.24) is 15.5 Å². The Morgan fingerprint density at radius 2 is 2.12 bits per heavy atom. The van der Waals surface area contributed by atoms with Crippen molar-refractivity contribution in [1.29, 1.82) is 0 Å². The molecule has 1 aliphatic rings. The van der Waals surface area contributed by atoms with Crippen molar-refractivity contribution in [2.45, 2.75) is 39.7 Å². The molecule has 138 valence electrons. The first kappa shape index (κ1) is 19.1. The second kappa shape index (κ2) is 9.91. The van der Waals surface area contributed by atoms with E-state index in [4.69, 9.17) is 4.74 Å². The highest BCUT2D eigenvalue weighted by Gasteiger charge is 2.27. The number of carbonyl (C=O) groups excluding carboxylic acids is 2. The molecule has 1 saturated heterocycles. The number of nitrogens with zero attached hydrogens (tertiary/aromatic N) is 1. The molecule has 1 aliphatic heterocycles. The van der Waals surface area contributed by atoms with E-state index < -0.39 is 0 Å². The predicted octanol–water partition coefficient (Wildman–Crippen LogP) is 2.53. The summed E-state index contributed by atoms with van der Waals surface area (Å²) in [6.07, 6.45) is 2.66. The molecule has 1 atom stereocenters. The van der Waals surface area contributed by atoms with Crippen LogP contribution < -0.4 is 15.4 Å². The van der Waals surface area contributed by atoms with Crippen molar-refractivity contribution >= 4 is 11.9 Å². The van der Waals surface area contributed by atoms with Crippen LogP contribution in [-0.2, 0) is 11.3 Å². The molecule has 0 saturated carbocycles. The van der Waals surface area contributed by atoms with Crippen LogP contribution in [0.2, 0.25) is 0 Å². The lowest BCUT2D eigenvalue weighted by Crippen LogP contribution is -2.48. The van der Waals surface area contributed by atoms with E-state index in [1.165, 1.54) is 0 Å². The van der Waals surface area contributed by atoms with Crippen LogP contribution in [0.1, 0.15) is 38.7 Å². The fourth-order valence-electron chi connectivity index (χ4n) is 2.95. The van der Waals surface area contributed by atoms with E-state index in [-0.39, 0.29) is 17.9 Å². The number of likely N-dealkylation sites (tertiary alicyclic amines) is 1. The van der Waals surface area contributed by atoms with Gasteiger partial charge >= 0.3 is 6.03 Å². The molecule has 1 heterocycles. The van der Waals surface area contributed by atoms with E-state index in [2.05, 4.69) is 17.6 Å². The summed E-state index contributed by atoms with van der Waals surface area (Å²) in [7, 11) is 0. The van der Waals surface area contributed by atoms with Crippen LogP contribution >= 0.6 is 0 Å². The molecule has 3 amide bonds. The number of rotatable bonds is 7. The van der Waals surface area contributed by atoms with Gasteiger partial charge in [-0.2, -0.15) is 0 Å². The van der Waals surface area contributed by atoms with Crippen molar-refractivity contribution in [3.63, 3.8) is 0 Å². The van der Waals surface area contributed by atoms with E-state index in [9.17, 15) is 9.59 Å². The van der Waals surface area contributed by atoms with Crippen LogP contribution in [0.4, 0.5) is 4.79 Å². The zero-order valence-corrected chi connectivity index (χ0v) is 15.2. The molecule has 0 bridgehead atoms. The second-order valence-electron chi connectivity index (χ2n) is 6.33. The normalized spacial score (nSPS) is 17.0. The van der Waals surface area contributed by atoms with E-state index in [1.807, 2.05) is 31.2 Å². The van der Waals surface area contributed by atoms with Gasteiger partial charge in [-0.15, -0.1) is 0 Å². The number of hydrogen-bond acceptors (Lipinski definition) is 3. The average molecular weight is 347 g/mol. The summed E-state index contributed by atoms with van der Waals surface area (Å²) in [5.41, 5.74) is 0.999. The molecular weight excluding hydrogens is 318 g/mol. The molecule has 6 nitrogen and oxygen atoms in total.